The van der Waals surface area contributed by atoms with Crippen molar-refractivity contribution < 1.29 is 13.9 Å². The molecule has 1 aromatic carbocycles. The number of nitrogens with two attached hydrogens (primary N) is 1. The van der Waals surface area contributed by atoms with Gasteiger partial charge in [-0.1, -0.05) is 11.6 Å². The summed E-state index contributed by atoms with van der Waals surface area (Å²) in [4.78, 5) is 14.0. The van der Waals surface area contributed by atoms with Crippen LogP contribution in [0, 0.1) is 0 Å². The molecule has 21 heavy (non-hydrogen) atoms. The number of anilines is 2. The van der Waals surface area contributed by atoms with Gasteiger partial charge in [-0.3, -0.25) is 0 Å². The summed E-state index contributed by atoms with van der Waals surface area (Å²) >= 11 is 6.26. The molecular formula is C15H17ClN2O3. The molecule has 2 aromatic rings. The van der Waals surface area contributed by atoms with E-state index in [4.69, 9.17) is 26.5 Å². The van der Waals surface area contributed by atoms with E-state index in [0.717, 1.165) is 5.56 Å². The molecule has 6 heteroatoms. The van der Waals surface area contributed by atoms with E-state index in [1.165, 1.54) is 0 Å². The van der Waals surface area contributed by atoms with E-state index in [1.54, 1.807) is 31.6 Å². The Morgan fingerprint density at radius 1 is 1.48 bits per heavy atom. The van der Waals surface area contributed by atoms with Gasteiger partial charge in [-0.25, -0.2) is 4.79 Å². The Labute approximate surface area is 128 Å². The monoisotopic (exact) mass is 308 g/mol. The molecule has 0 aliphatic heterocycles. The van der Waals surface area contributed by atoms with E-state index in [0.29, 0.717) is 28.5 Å². The molecule has 0 fully saturated rings. The van der Waals surface area contributed by atoms with Gasteiger partial charge in [-0.05, 0) is 25.1 Å². The van der Waals surface area contributed by atoms with Gasteiger partial charge in [0, 0.05) is 24.8 Å². The van der Waals surface area contributed by atoms with Crippen LogP contribution in [0.1, 0.15) is 22.8 Å². The van der Waals surface area contributed by atoms with Crippen LogP contribution in [0.15, 0.2) is 35.1 Å². The van der Waals surface area contributed by atoms with Crippen LogP contribution in [-0.4, -0.2) is 19.6 Å². The molecule has 0 spiro atoms. The highest BCUT2D eigenvalue weighted by molar-refractivity contribution is 6.34. The highest BCUT2D eigenvalue weighted by atomic mass is 35.5. The van der Waals surface area contributed by atoms with Gasteiger partial charge in [0.2, 0.25) is 0 Å². The summed E-state index contributed by atoms with van der Waals surface area (Å²) in [7, 11) is 1.84. The van der Waals surface area contributed by atoms with Crippen molar-refractivity contribution in [1.82, 2.24) is 0 Å². The Bertz CT molecular complexity index is 626. The molecule has 0 unspecified atom stereocenters. The van der Waals surface area contributed by atoms with Gasteiger partial charge in [0.15, 0.2) is 0 Å². The van der Waals surface area contributed by atoms with Crippen molar-refractivity contribution in [2.45, 2.75) is 13.5 Å². The predicted octanol–water partition coefficient (Wildman–Crippen LogP) is 3.33. The third-order valence-electron chi connectivity index (χ3n) is 2.96. The summed E-state index contributed by atoms with van der Waals surface area (Å²) < 4.78 is 10.1. The Kier molecular flexibility index (Phi) is 4.75. The summed E-state index contributed by atoms with van der Waals surface area (Å²) in [6, 6.07) is 5.04. The molecule has 0 radical (unpaired) electrons. The van der Waals surface area contributed by atoms with E-state index in [9.17, 15) is 4.79 Å². The van der Waals surface area contributed by atoms with Crippen molar-refractivity contribution in [2.24, 2.45) is 0 Å². The van der Waals surface area contributed by atoms with Crippen molar-refractivity contribution >= 4 is 28.9 Å². The molecule has 1 aromatic heterocycles. The molecule has 5 nitrogen and oxygen atoms in total. The fourth-order valence-corrected chi connectivity index (χ4v) is 2.48. The maximum Gasteiger partial charge on any atom is 0.340 e. The highest BCUT2D eigenvalue weighted by Gasteiger charge is 2.20. The second-order valence-electron chi connectivity index (χ2n) is 4.61. The zero-order valence-electron chi connectivity index (χ0n) is 11.9. The van der Waals surface area contributed by atoms with Crippen molar-refractivity contribution in [3.63, 3.8) is 0 Å². The summed E-state index contributed by atoms with van der Waals surface area (Å²) in [5.74, 6) is -0.444. The fourth-order valence-electron chi connectivity index (χ4n) is 2.11. The maximum atomic E-state index is 12.1. The average molecular weight is 309 g/mol. The molecule has 0 saturated carbocycles. The highest BCUT2D eigenvalue weighted by Crippen LogP contribution is 2.33. The number of hydrogen-bond acceptors (Lipinski definition) is 5. The van der Waals surface area contributed by atoms with Crippen molar-refractivity contribution in [3.05, 3.63) is 46.9 Å². The van der Waals surface area contributed by atoms with E-state index in [2.05, 4.69) is 0 Å². The number of hydrogen-bond donors (Lipinski definition) is 1. The summed E-state index contributed by atoms with van der Waals surface area (Å²) in [5, 5.41) is 0.407. The molecule has 0 aliphatic carbocycles. The smallest absolute Gasteiger partial charge is 0.340 e. The molecule has 0 aliphatic rings. The molecule has 2 rings (SSSR count). The topological polar surface area (TPSA) is 68.7 Å². The lowest BCUT2D eigenvalue weighted by Crippen LogP contribution is -2.20. The van der Waals surface area contributed by atoms with E-state index < -0.39 is 5.97 Å². The van der Waals surface area contributed by atoms with Crippen LogP contribution < -0.4 is 10.6 Å². The molecule has 0 saturated heterocycles. The van der Waals surface area contributed by atoms with E-state index in [-0.39, 0.29) is 6.61 Å². The van der Waals surface area contributed by atoms with Crippen LogP contribution in [0.5, 0.6) is 0 Å². The Balaban J connectivity index is 2.38. The number of ether oxygens (including phenoxy) is 1. The molecule has 112 valence electrons. The van der Waals surface area contributed by atoms with E-state index in [1.807, 2.05) is 18.0 Å². The molecule has 0 amide bonds. The third kappa shape index (κ3) is 3.49. The number of nitrogens with zero attached hydrogens (tertiary/aromatic N) is 1. The van der Waals surface area contributed by atoms with Crippen LogP contribution in [0.4, 0.5) is 11.4 Å². The summed E-state index contributed by atoms with van der Waals surface area (Å²) in [6.45, 7) is 2.59. The first-order chi connectivity index (χ1) is 10.0. The lowest BCUT2D eigenvalue weighted by Gasteiger charge is -2.23. The number of carbonyl (C=O) groups excluding carboxylic acids is 1. The van der Waals surface area contributed by atoms with Gasteiger partial charge >= 0.3 is 5.97 Å². The van der Waals surface area contributed by atoms with Crippen LogP contribution in [0.2, 0.25) is 5.02 Å². The lowest BCUT2D eigenvalue weighted by atomic mass is 10.1. The fraction of sp³-hybridized carbons (Fsp3) is 0.267. The second-order valence-corrected chi connectivity index (χ2v) is 5.01. The van der Waals surface area contributed by atoms with Crippen LogP contribution >= 0.6 is 11.6 Å². The largest absolute Gasteiger partial charge is 0.472 e. The number of rotatable bonds is 5. The van der Waals surface area contributed by atoms with Gasteiger partial charge in [-0.15, -0.1) is 0 Å². The standard InChI is InChI=1S/C15H17ClN2O3/c1-3-21-15(19)12-6-11(17)7-13(16)14(12)18(2)8-10-4-5-20-9-10/h4-7,9H,3,8,17H2,1-2H3. The minimum absolute atomic E-state index is 0.288. The van der Waals surface area contributed by atoms with Gasteiger partial charge in [0.1, 0.15) is 0 Å². The second kappa shape index (κ2) is 6.54. The first kappa shape index (κ1) is 15.3. The summed E-state index contributed by atoms with van der Waals surface area (Å²) in [6.07, 6.45) is 3.24. The first-order valence-corrected chi connectivity index (χ1v) is 6.89. The number of halogens is 1. The minimum Gasteiger partial charge on any atom is -0.472 e. The SMILES string of the molecule is CCOC(=O)c1cc(N)cc(Cl)c1N(C)Cc1ccoc1. The minimum atomic E-state index is -0.444. The molecular weight excluding hydrogens is 292 g/mol. The number of benzene rings is 1. The molecule has 0 bridgehead atoms. The predicted molar refractivity (Wildman–Crippen MR) is 82.6 cm³/mol. The Morgan fingerprint density at radius 3 is 2.86 bits per heavy atom. The number of furan rings is 1. The van der Waals surface area contributed by atoms with Crippen molar-refractivity contribution in [1.29, 1.82) is 0 Å². The quantitative estimate of drug-likeness (QED) is 0.678. The molecule has 2 N–H and O–H groups in total. The van der Waals surface area contributed by atoms with E-state index >= 15 is 0 Å². The first-order valence-electron chi connectivity index (χ1n) is 6.51. The van der Waals surface area contributed by atoms with Crippen LogP contribution in [-0.2, 0) is 11.3 Å². The van der Waals surface area contributed by atoms with Crippen LogP contribution in [0.25, 0.3) is 0 Å². The number of carbonyl (C=O) groups is 1. The van der Waals surface area contributed by atoms with Gasteiger partial charge in [-0.2, -0.15) is 0 Å². The van der Waals surface area contributed by atoms with Gasteiger partial charge < -0.3 is 19.8 Å². The normalized spacial score (nSPS) is 10.4. The van der Waals surface area contributed by atoms with Crippen LogP contribution in [0.3, 0.4) is 0 Å². The van der Waals surface area contributed by atoms with Gasteiger partial charge in [0.05, 0.1) is 35.4 Å². The molecule has 0 atom stereocenters. The maximum absolute atomic E-state index is 12.1. The average Bonchev–Trinajstić information content (AvgIpc) is 2.90. The zero-order valence-corrected chi connectivity index (χ0v) is 12.7. The Hall–Kier alpha value is -2.14. The van der Waals surface area contributed by atoms with Gasteiger partial charge in [0.25, 0.3) is 0 Å². The van der Waals surface area contributed by atoms with Crippen molar-refractivity contribution in [3.8, 4) is 0 Å². The molecule has 1 heterocycles. The Morgan fingerprint density at radius 2 is 2.24 bits per heavy atom. The number of nitrogen functional groups attached to an aromatic ring is 1. The summed E-state index contributed by atoms with van der Waals surface area (Å²) in [5.41, 5.74) is 8.11. The zero-order chi connectivity index (χ0) is 15.4. The number of esters is 1. The third-order valence-corrected chi connectivity index (χ3v) is 3.25. The van der Waals surface area contributed by atoms with Crippen molar-refractivity contribution in [2.75, 3.05) is 24.3 Å². The lowest BCUT2D eigenvalue weighted by molar-refractivity contribution is 0.0527.